The molecular weight excluding hydrogens is 414 g/mol. The van der Waals surface area contributed by atoms with E-state index in [1.165, 1.54) is 90.0 Å². The lowest BCUT2D eigenvalue weighted by atomic mass is 10.0. The predicted molar refractivity (Wildman–Crippen MR) is 142 cm³/mol. The van der Waals surface area contributed by atoms with Crippen molar-refractivity contribution in [3.63, 3.8) is 0 Å². The first-order valence-electron chi connectivity index (χ1n) is 13.7. The van der Waals surface area contributed by atoms with Crippen LogP contribution in [0.5, 0.6) is 0 Å². The van der Waals surface area contributed by atoms with E-state index < -0.39 is 8.80 Å². The minimum absolute atomic E-state index is 0.389. The second-order valence-corrected chi connectivity index (χ2v) is 14.2. The zero-order valence-electron chi connectivity index (χ0n) is 23.3. The molecule has 0 fully saturated rings. The Bertz CT molecular complexity index is 405. The van der Waals surface area contributed by atoms with E-state index >= 15 is 0 Å². The molecule has 0 aromatic carbocycles. The van der Waals surface area contributed by atoms with Gasteiger partial charge in [-0.1, -0.05) is 104 Å². The molecule has 0 spiro atoms. The van der Waals surface area contributed by atoms with Gasteiger partial charge in [0.25, 0.3) is 0 Å². The van der Waals surface area contributed by atoms with E-state index in [1.54, 1.807) is 21.3 Å². The summed E-state index contributed by atoms with van der Waals surface area (Å²) in [7, 11) is 7.40. The Labute approximate surface area is 203 Å². The van der Waals surface area contributed by atoms with E-state index in [0.29, 0.717) is 11.5 Å². The highest BCUT2D eigenvalue weighted by Crippen LogP contribution is 2.34. The molecule has 0 rings (SSSR count). The molecule has 0 bridgehead atoms. The molecule has 0 heterocycles. The SMILES string of the molecule is CCCCCCCCCCCCCCCC(CC[N+](C)(C)CC(C)C)[Si](OC)(OC)OC. The van der Waals surface area contributed by atoms with Crippen molar-refractivity contribution in [2.24, 2.45) is 5.92 Å². The lowest BCUT2D eigenvalue weighted by Gasteiger charge is -2.36. The number of rotatable bonds is 23. The lowest BCUT2D eigenvalue weighted by molar-refractivity contribution is -0.893. The number of hydrogen-bond donors (Lipinski definition) is 0. The fourth-order valence-electron chi connectivity index (χ4n) is 5.24. The smallest absolute Gasteiger partial charge is 0.377 e. The first kappa shape index (κ1) is 32.1. The molecule has 0 aromatic rings. The molecule has 1 unspecified atom stereocenters. The van der Waals surface area contributed by atoms with Gasteiger partial charge < -0.3 is 17.8 Å². The van der Waals surface area contributed by atoms with Crippen molar-refractivity contribution in [2.75, 3.05) is 48.5 Å². The fourth-order valence-corrected chi connectivity index (χ4v) is 7.78. The Hall–Kier alpha value is 0.0569. The van der Waals surface area contributed by atoms with Crippen molar-refractivity contribution < 1.29 is 17.8 Å². The van der Waals surface area contributed by atoms with Gasteiger partial charge in [-0.15, -0.1) is 0 Å². The normalized spacial score (nSPS) is 13.8. The van der Waals surface area contributed by atoms with Crippen LogP contribution in [0.3, 0.4) is 0 Å². The van der Waals surface area contributed by atoms with Crippen molar-refractivity contribution in [1.82, 2.24) is 0 Å². The molecule has 0 amide bonds. The molecule has 0 radical (unpaired) electrons. The molecule has 0 saturated heterocycles. The Kier molecular flexibility index (Phi) is 19.4. The first-order chi connectivity index (χ1) is 15.3. The van der Waals surface area contributed by atoms with Crippen LogP contribution in [0.15, 0.2) is 0 Å². The van der Waals surface area contributed by atoms with Crippen LogP contribution in [0.4, 0.5) is 0 Å². The minimum atomic E-state index is -2.60. The maximum Gasteiger partial charge on any atom is 0.503 e. The van der Waals surface area contributed by atoms with E-state index in [2.05, 4.69) is 34.9 Å². The predicted octanol–water partition coefficient (Wildman–Crippen LogP) is 7.84. The number of nitrogens with zero attached hydrogens (tertiary/aromatic N) is 1. The summed E-state index contributed by atoms with van der Waals surface area (Å²) < 4.78 is 18.7. The molecule has 0 aliphatic heterocycles. The Morgan fingerprint density at radius 2 is 1.03 bits per heavy atom. The summed E-state index contributed by atoms with van der Waals surface area (Å²) in [6.45, 7) is 9.26. The first-order valence-corrected chi connectivity index (χ1v) is 15.5. The van der Waals surface area contributed by atoms with Crippen LogP contribution in [0.2, 0.25) is 5.54 Å². The van der Waals surface area contributed by atoms with Crippen LogP contribution in [0.1, 0.15) is 117 Å². The molecule has 5 heteroatoms. The van der Waals surface area contributed by atoms with Gasteiger partial charge in [-0.25, -0.2) is 0 Å². The van der Waals surface area contributed by atoms with Gasteiger partial charge in [0.2, 0.25) is 0 Å². The third-order valence-electron chi connectivity index (χ3n) is 6.95. The zero-order valence-corrected chi connectivity index (χ0v) is 24.3. The van der Waals surface area contributed by atoms with Gasteiger partial charge in [0, 0.05) is 39.2 Å². The van der Waals surface area contributed by atoms with Crippen LogP contribution in [-0.2, 0) is 13.3 Å². The van der Waals surface area contributed by atoms with Crippen molar-refractivity contribution in [3.05, 3.63) is 0 Å². The maximum absolute atomic E-state index is 5.90. The molecule has 4 nitrogen and oxygen atoms in total. The van der Waals surface area contributed by atoms with Gasteiger partial charge in [-0.05, 0) is 6.42 Å². The van der Waals surface area contributed by atoms with E-state index in [-0.39, 0.29) is 0 Å². The van der Waals surface area contributed by atoms with Crippen LogP contribution >= 0.6 is 0 Å². The third kappa shape index (κ3) is 15.1. The Balaban J connectivity index is 4.23. The van der Waals surface area contributed by atoms with Gasteiger partial charge in [-0.2, -0.15) is 0 Å². The van der Waals surface area contributed by atoms with E-state index in [9.17, 15) is 0 Å². The molecule has 32 heavy (non-hydrogen) atoms. The summed E-state index contributed by atoms with van der Waals surface area (Å²) in [6, 6.07) is 0. The number of unbranched alkanes of at least 4 members (excludes halogenated alkanes) is 12. The molecule has 0 aliphatic carbocycles. The van der Waals surface area contributed by atoms with Crippen molar-refractivity contribution >= 4 is 8.80 Å². The Morgan fingerprint density at radius 1 is 0.625 bits per heavy atom. The van der Waals surface area contributed by atoms with Crippen LogP contribution in [0, 0.1) is 5.92 Å². The highest BCUT2D eigenvalue weighted by Gasteiger charge is 2.47. The molecular formula is C27H60NO3Si+. The van der Waals surface area contributed by atoms with Crippen molar-refractivity contribution in [1.29, 1.82) is 0 Å². The standard InChI is InChI=1S/C27H60NO3Si/c1-9-10-11-12-13-14-15-16-17-18-19-20-21-22-27(32(29-6,30-7)31-8)23-24-28(4,5)25-26(2)3/h26-27H,9-25H2,1-8H3/q+1. The molecule has 0 aromatic heterocycles. The second-order valence-electron chi connectivity index (χ2n) is 11.0. The highest BCUT2D eigenvalue weighted by atomic mass is 28.4. The summed E-state index contributed by atoms with van der Waals surface area (Å²) in [5.74, 6) is 0.707. The minimum Gasteiger partial charge on any atom is -0.377 e. The largest absolute Gasteiger partial charge is 0.503 e. The monoisotopic (exact) mass is 474 g/mol. The van der Waals surface area contributed by atoms with Gasteiger partial charge in [0.15, 0.2) is 0 Å². The number of hydrogen-bond acceptors (Lipinski definition) is 3. The second kappa shape index (κ2) is 19.4. The van der Waals surface area contributed by atoms with Crippen LogP contribution in [0.25, 0.3) is 0 Å². The topological polar surface area (TPSA) is 27.7 Å². The molecule has 0 aliphatic rings. The summed E-state index contributed by atoms with van der Waals surface area (Å²) in [5.41, 5.74) is 0.389. The number of quaternary nitrogens is 1. The molecule has 0 saturated carbocycles. The van der Waals surface area contributed by atoms with Gasteiger partial charge in [0.05, 0.1) is 27.2 Å². The summed E-state index contributed by atoms with van der Waals surface area (Å²) in [6.07, 6.45) is 20.4. The van der Waals surface area contributed by atoms with Crippen molar-refractivity contribution in [2.45, 2.75) is 123 Å². The fraction of sp³-hybridized carbons (Fsp3) is 1.00. The molecule has 0 N–H and O–H groups in total. The van der Waals surface area contributed by atoms with E-state index in [0.717, 1.165) is 23.9 Å². The maximum atomic E-state index is 5.90. The third-order valence-corrected chi connectivity index (χ3v) is 10.2. The molecule has 194 valence electrons. The van der Waals surface area contributed by atoms with Crippen molar-refractivity contribution in [3.8, 4) is 0 Å². The zero-order chi connectivity index (χ0) is 24.3. The van der Waals surface area contributed by atoms with Gasteiger partial charge in [-0.3, -0.25) is 0 Å². The summed E-state index contributed by atoms with van der Waals surface area (Å²) in [4.78, 5) is 0. The molecule has 1 atom stereocenters. The Morgan fingerprint density at radius 3 is 1.41 bits per heavy atom. The van der Waals surface area contributed by atoms with Gasteiger partial charge >= 0.3 is 8.80 Å². The summed E-state index contributed by atoms with van der Waals surface area (Å²) in [5, 5.41) is 0. The van der Waals surface area contributed by atoms with Crippen LogP contribution in [-0.4, -0.2) is 61.8 Å². The quantitative estimate of drug-likeness (QED) is 0.0857. The average Bonchev–Trinajstić information content (AvgIpc) is 2.75. The van der Waals surface area contributed by atoms with Gasteiger partial charge in [0.1, 0.15) is 0 Å². The van der Waals surface area contributed by atoms with Crippen LogP contribution < -0.4 is 0 Å². The average molecular weight is 475 g/mol. The van der Waals surface area contributed by atoms with E-state index in [1.807, 2.05) is 0 Å². The summed E-state index contributed by atoms with van der Waals surface area (Å²) >= 11 is 0. The van der Waals surface area contributed by atoms with E-state index in [4.69, 9.17) is 13.3 Å². The highest BCUT2D eigenvalue weighted by molar-refractivity contribution is 6.62. The lowest BCUT2D eigenvalue weighted by Crippen LogP contribution is -2.50.